The van der Waals surface area contributed by atoms with Crippen molar-refractivity contribution in [3.8, 4) is 0 Å². The molecule has 0 radical (unpaired) electrons. The molecular weight excluding hydrogens is 474 g/mol. The van der Waals surface area contributed by atoms with Gasteiger partial charge in [-0.05, 0) is 60.4 Å². The minimum absolute atomic E-state index is 0.00278. The molecule has 1 N–H and O–H groups in total. The minimum atomic E-state index is -0.247. The highest BCUT2D eigenvalue weighted by Gasteiger charge is 2.27. The molecule has 38 heavy (non-hydrogen) atoms. The summed E-state index contributed by atoms with van der Waals surface area (Å²) in [5, 5.41) is 3.20. The number of urea groups is 1. The summed E-state index contributed by atoms with van der Waals surface area (Å²) in [6, 6.07) is 19.7. The van der Waals surface area contributed by atoms with E-state index in [2.05, 4.69) is 63.3 Å². The van der Waals surface area contributed by atoms with E-state index in [9.17, 15) is 9.59 Å². The first-order valence-electron chi connectivity index (χ1n) is 13.8. The molecule has 3 amide bonds. The molecule has 1 unspecified atom stereocenters. The van der Waals surface area contributed by atoms with Crippen LogP contribution in [0, 0.1) is 0 Å². The molecule has 6 nitrogen and oxygen atoms in total. The van der Waals surface area contributed by atoms with E-state index in [1.807, 2.05) is 44.2 Å². The van der Waals surface area contributed by atoms with Gasteiger partial charge >= 0.3 is 6.03 Å². The van der Waals surface area contributed by atoms with Crippen LogP contribution in [-0.4, -0.2) is 40.9 Å². The van der Waals surface area contributed by atoms with Crippen molar-refractivity contribution in [3.63, 3.8) is 0 Å². The van der Waals surface area contributed by atoms with Crippen molar-refractivity contribution < 1.29 is 14.0 Å². The second kappa shape index (κ2) is 13.8. The summed E-state index contributed by atoms with van der Waals surface area (Å²) in [5.74, 6) is 1.13. The minimum Gasteiger partial charge on any atom is -0.467 e. The molecule has 0 spiro atoms. The third kappa shape index (κ3) is 7.73. The summed E-state index contributed by atoms with van der Waals surface area (Å²) in [4.78, 5) is 30.9. The molecule has 1 atom stereocenters. The van der Waals surface area contributed by atoms with Gasteiger partial charge in [-0.25, -0.2) is 4.79 Å². The maximum absolute atomic E-state index is 13.7. The van der Waals surface area contributed by atoms with Gasteiger partial charge in [0.25, 0.3) is 0 Å². The average molecular weight is 518 g/mol. The van der Waals surface area contributed by atoms with E-state index >= 15 is 0 Å². The number of para-hydroxylation sites is 1. The van der Waals surface area contributed by atoms with Gasteiger partial charge in [0, 0.05) is 18.3 Å². The van der Waals surface area contributed by atoms with Crippen molar-refractivity contribution in [2.24, 2.45) is 0 Å². The Kier molecular flexibility index (Phi) is 10.6. The summed E-state index contributed by atoms with van der Waals surface area (Å²) < 4.78 is 5.55. The number of benzene rings is 2. The van der Waals surface area contributed by atoms with Crippen molar-refractivity contribution in [2.45, 2.75) is 78.8 Å². The molecule has 2 aromatic carbocycles. The highest BCUT2D eigenvalue weighted by atomic mass is 16.3. The van der Waals surface area contributed by atoms with E-state index in [4.69, 9.17) is 4.42 Å². The van der Waals surface area contributed by atoms with Crippen LogP contribution in [0.5, 0.6) is 0 Å². The SMILES string of the molecule is CCC(C)N(CC(=O)N(CCc1ccccc1)Cc1ccco1)C(=O)Nc1c(C(C)C)cccc1C(C)C. The lowest BCUT2D eigenvalue weighted by Gasteiger charge is -2.32. The first-order valence-corrected chi connectivity index (χ1v) is 13.8. The van der Waals surface area contributed by atoms with Gasteiger partial charge in [0.15, 0.2) is 0 Å². The number of nitrogens with one attached hydrogen (secondary N) is 1. The average Bonchev–Trinajstić information content (AvgIpc) is 3.42. The van der Waals surface area contributed by atoms with Crippen LogP contribution in [0.25, 0.3) is 0 Å². The molecule has 1 aromatic heterocycles. The highest BCUT2D eigenvalue weighted by molar-refractivity contribution is 5.94. The summed E-state index contributed by atoms with van der Waals surface area (Å²) in [6.45, 7) is 13.4. The monoisotopic (exact) mass is 517 g/mol. The lowest BCUT2D eigenvalue weighted by atomic mass is 9.92. The Morgan fingerprint density at radius 2 is 1.53 bits per heavy atom. The van der Waals surface area contributed by atoms with Crippen molar-refractivity contribution in [1.29, 1.82) is 0 Å². The Bertz CT molecular complexity index is 1130. The van der Waals surface area contributed by atoms with Gasteiger partial charge < -0.3 is 19.5 Å². The van der Waals surface area contributed by atoms with Gasteiger partial charge in [0.05, 0.1) is 12.8 Å². The van der Waals surface area contributed by atoms with E-state index in [-0.39, 0.29) is 36.4 Å². The molecule has 1 heterocycles. The van der Waals surface area contributed by atoms with Crippen LogP contribution >= 0.6 is 0 Å². The van der Waals surface area contributed by atoms with Crippen LogP contribution in [0.4, 0.5) is 10.5 Å². The van der Waals surface area contributed by atoms with E-state index < -0.39 is 0 Å². The van der Waals surface area contributed by atoms with Gasteiger partial charge in [-0.3, -0.25) is 4.79 Å². The Hall–Kier alpha value is -3.54. The first kappa shape index (κ1) is 29.0. The zero-order chi connectivity index (χ0) is 27.7. The molecule has 3 rings (SSSR count). The maximum Gasteiger partial charge on any atom is 0.322 e. The van der Waals surface area contributed by atoms with Gasteiger partial charge in [0.2, 0.25) is 5.91 Å². The topological polar surface area (TPSA) is 65.8 Å². The molecule has 0 aliphatic rings. The fourth-order valence-corrected chi connectivity index (χ4v) is 4.56. The van der Waals surface area contributed by atoms with E-state index in [0.29, 0.717) is 13.1 Å². The van der Waals surface area contributed by atoms with Crippen LogP contribution in [0.1, 0.15) is 82.2 Å². The molecule has 3 aromatic rings. The first-order chi connectivity index (χ1) is 18.2. The fraction of sp³-hybridized carbons (Fsp3) is 0.438. The zero-order valence-electron chi connectivity index (χ0n) is 23.7. The molecule has 0 fully saturated rings. The molecule has 0 saturated heterocycles. The van der Waals surface area contributed by atoms with Crippen LogP contribution in [-0.2, 0) is 17.8 Å². The van der Waals surface area contributed by atoms with E-state index in [0.717, 1.165) is 41.0 Å². The van der Waals surface area contributed by atoms with E-state index in [1.165, 1.54) is 0 Å². The number of carbonyl (C=O) groups is 2. The van der Waals surface area contributed by atoms with Crippen molar-refractivity contribution in [3.05, 3.63) is 89.4 Å². The van der Waals surface area contributed by atoms with Crippen molar-refractivity contribution >= 4 is 17.6 Å². The second-order valence-corrected chi connectivity index (χ2v) is 10.6. The molecule has 0 aliphatic carbocycles. The second-order valence-electron chi connectivity index (χ2n) is 10.6. The van der Waals surface area contributed by atoms with Crippen LogP contribution in [0.2, 0.25) is 0 Å². The molecule has 6 heteroatoms. The number of anilines is 1. The summed E-state index contributed by atoms with van der Waals surface area (Å²) in [7, 11) is 0. The third-order valence-electron chi connectivity index (χ3n) is 7.09. The predicted molar refractivity (Wildman–Crippen MR) is 154 cm³/mol. The number of furan rings is 1. The molecule has 204 valence electrons. The Morgan fingerprint density at radius 3 is 2.08 bits per heavy atom. The van der Waals surface area contributed by atoms with Gasteiger partial charge in [-0.15, -0.1) is 0 Å². The zero-order valence-corrected chi connectivity index (χ0v) is 23.7. The number of amides is 3. The molecular formula is C32H43N3O3. The van der Waals surface area contributed by atoms with Crippen molar-refractivity contribution in [1.82, 2.24) is 9.80 Å². The number of hydrogen-bond acceptors (Lipinski definition) is 3. The van der Waals surface area contributed by atoms with Gasteiger partial charge in [-0.1, -0.05) is 83.1 Å². The lowest BCUT2D eigenvalue weighted by molar-refractivity contribution is -0.133. The quantitative estimate of drug-likeness (QED) is 0.272. The number of hydrogen-bond donors (Lipinski definition) is 1. The van der Waals surface area contributed by atoms with Crippen molar-refractivity contribution in [2.75, 3.05) is 18.4 Å². The highest BCUT2D eigenvalue weighted by Crippen LogP contribution is 2.32. The lowest BCUT2D eigenvalue weighted by Crippen LogP contribution is -2.48. The van der Waals surface area contributed by atoms with Crippen LogP contribution in [0.3, 0.4) is 0 Å². The Balaban J connectivity index is 1.83. The number of rotatable bonds is 12. The van der Waals surface area contributed by atoms with Crippen LogP contribution in [0.15, 0.2) is 71.3 Å². The van der Waals surface area contributed by atoms with E-state index in [1.54, 1.807) is 16.1 Å². The maximum atomic E-state index is 13.7. The third-order valence-corrected chi connectivity index (χ3v) is 7.09. The molecule has 0 bridgehead atoms. The summed E-state index contributed by atoms with van der Waals surface area (Å²) >= 11 is 0. The Labute approximate surface area is 228 Å². The van der Waals surface area contributed by atoms with Gasteiger partial charge in [0.1, 0.15) is 12.3 Å². The molecule has 0 saturated carbocycles. The number of carbonyl (C=O) groups excluding carboxylic acids is 2. The predicted octanol–water partition coefficient (Wildman–Crippen LogP) is 7.43. The standard InChI is InChI=1S/C32H43N3O3/c1-7-25(6)35(32(37)33-31-28(23(2)3)16-11-17-29(31)24(4)5)22-30(36)34(21-27-15-12-20-38-27)19-18-26-13-9-8-10-14-26/h8-17,20,23-25H,7,18-19,21-22H2,1-6H3,(H,33,37). The normalized spacial score (nSPS) is 12.0. The smallest absolute Gasteiger partial charge is 0.322 e. The summed E-state index contributed by atoms with van der Waals surface area (Å²) in [6.07, 6.45) is 3.08. The van der Waals surface area contributed by atoms with Crippen LogP contribution < -0.4 is 5.32 Å². The number of nitrogens with zero attached hydrogens (tertiary/aromatic N) is 2. The summed E-state index contributed by atoms with van der Waals surface area (Å²) in [5.41, 5.74) is 4.22. The largest absolute Gasteiger partial charge is 0.467 e. The molecule has 0 aliphatic heterocycles. The van der Waals surface area contributed by atoms with Gasteiger partial charge in [-0.2, -0.15) is 0 Å². The Morgan fingerprint density at radius 1 is 0.868 bits per heavy atom. The fourth-order valence-electron chi connectivity index (χ4n) is 4.56.